The maximum absolute atomic E-state index is 13.9. The number of fused-ring (bicyclic) bond motifs is 2. The van der Waals surface area contributed by atoms with Gasteiger partial charge in [0.05, 0.1) is 66.5 Å². The molecule has 396 valence electrons. The van der Waals surface area contributed by atoms with Crippen LogP contribution in [0.25, 0.3) is 21.8 Å². The molecule has 0 aliphatic carbocycles. The minimum atomic E-state index is -1.22. The van der Waals surface area contributed by atoms with Crippen molar-refractivity contribution in [2.75, 3.05) is 40.5 Å². The van der Waals surface area contributed by atoms with Crippen LogP contribution in [0, 0.1) is 23.3 Å². The monoisotopic (exact) mass is 1040 g/mol. The first-order valence-electron chi connectivity index (χ1n) is 23.1. The number of rotatable bonds is 15. The molecule has 0 radical (unpaired) electrons. The molecule has 0 saturated heterocycles. The number of aromatic nitrogens is 4. The predicted octanol–water partition coefficient (Wildman–Crippen LogP) is 10.2. The van der Waals surface area contributed by atoms with Crippen LogP contribution in [-0.4, -0.2) is 105 Å². The number of carbonyl (C=O) groups excluding carboxylic acids is 2. The fourth-order valence-electron chi connectivity index (χ4n) is 6.65. The zero-order valence-electron chi connectivity index (χ0n) is 41.8. The van der Waals surface area contributed by atoms with Crippen molar-refractivity contribution >= 4 is 45.6 Å². The van der Waals surface area contributed by atoms with Gasteiger partial charge >= 0.3 is 17.9 Å². The Labute approximate surface area is 428 Å². The number of halogens is 4. The molecule has 0 spiro atoms. The van der Waals surface area contributed by atoms with Gasteiger partial charge in [-0.05, 0) is 119 Å². The molecule has 75 heavy (non-hydrogen) atoms. The van der Waals surface area contributed by atoms with Crippen LogP contribution < -0.4 is 19.5 Å². The van der Waals surface area contributed by atoms with Gasteiger partial charge in [-0.3, -0.25) is 15.0 Å². The summed E-state index contributed by atoms with van der Waals surface area (Å²) in [4.78, 5) is 46.0. The number of amides is 1. The Balaban J connectivity index is 0.000000210. The second-order valence-corrected chi connectivity index (χ2v) is 15.4. The van der Waals surface area contributed by atoms with E-state index in [0.29, 0.717) is 26.4 Å². The second kappa shape index (κ2) is 29.5. The standard InChI is InChI=1S/C18H18FN3O2.C11H13FO3.C9H9FO3.C9H11N3.C7H5FO3/c1-3-24-16-8-7-12(9-15(16)19)18(23)22(2)11-14-6-4-5-13-10-20-21-17(13)14;1-3-14-10-6-5-8(7-9(10)12)11(13)15-4-2;1-2-13-8-4-3-6(9(11)12)5-7(8)10;1-10-5-7-3-2-4-8-6-11-12-9(7)8;8-5-3-4(7(10)11)1-2-6(5)9/h4-10H,3,11H2,1-2H3,(H,20,21);5-7H,3-4H2,1-2H3;3-5H,2H2,1H3,(H,11,12);2-4,6,10H,5H2,1H3,(H,11,12);1-3,9H,(H,10,11). The predicted molar refractivity (Wildman–Crippen MR) is 271 cm³/mol. The highest BCUT2D eigenvalue weighted by Gasteiger charge is 2.17. The van der Waals surface area contributed by atoms with E-state index in [4.69, 9.17) is 34.3 Å². The number of esters is 1. The van der Waals surface area contributed by atoms with Crippen LogP contribution in [0.5, 0.6) is 23.0 Å². The Morgan fingerprint density at radius 2 is 1.00 bits per heavy atom. The maximum Gasteiger partial charge on any atom is 0.338 e. The number of phenolic OH excluding ortho intramolecular Hbond substituents is 1. The van der Waals surface area contributed by atoms with E-state index in [9.17, 15) is 36.7 Å². The van der Waals surface area contributed by atoms with Crippen LogP contribution in [0.4, 0.5) is 17.6 Å². The van der Waals surface area contributed by atoms with Crippen molar-refractivity contribution < 1.29 is 71.0 Å². The Kier molecular flexibility index (Phi) is 23.1. The molecular weight excluding hydrogens is 985 g/mol. The molecule has 17 nitrogen and oxygen atoms in total. The summed E-state index contributed by atoms with van der Waals surface area (Å²) in [5, 5.41) is 44.7. The van der Waals surface area contributed by atoms with E-state index in [0.717, 1.165) is 58.9 Å². The van der Waals surface area contributed by atoms with Gasteiger partial charge in [-0.25, -0.2) is 31.9 Å². The maximum atomic E-state index is 13.9. The lowest BCUT2D eigenvalue weighted by atomic mass is 10.1. The van der Waals surface area contributed by atoms with Crippen LogP contribution in [0.2, 0.25) is 0 Å². The molecule has 8 rings (SSSR count). The van der Waals surface area contributed by atoms with Crippen LogP contribution in [0.3, 0.4) is 0 Å². The van der Waals surface area contributed by atoms with Gasteiger partial charge in [0.15, 0.2) is 46.3 Å². The number of carboxylic acids is 2. The van der Waals surface area contributed by atoms with Gasteiger partial charge < -0.3 is 44.5 Å². The molecule has 0 unspecified atom stereocenters. The lowest BCUT2D eigenvalue weighted by molar-refractivity contribution is 0.0524. The summed E-state index contributed by atoms with van der Waals surface area (Å²) < 4.78 is 72.5. The molecule has 0 fully saturated rings. The van der Waals surface area contributed by atoms with Crippen LogP contribution in [0.1, 0.15) is 80.3 Å². The topological polar surface area (TPSA) is 239 Å². The molecule has 6 N–H and O–H groups in total. The summed E-state index contributed by atoms with van der Waals surface area (Å²) in [5.41, 5.74) is 4.45. The van der Waals surface area contributed by atoms with E-state index < -0.39 is 46.9 Å². The molecule has 1 amide bonds. The van der Waals surface area contributed by atoms with E-state index in [2.05, 4.69) is 37.8 Å². The zero-order valence-corrected chi connectivity index (χ0v) is 41.8. The van der Waals surface area contributed by atoms with Crippen molar-refractivity contribution in [3.05, 3.63) is 178 Å². The van der Waals surface area contributed by atoms with E-state index in [1.165, 1.54) is 47.3 Å². The number of carbonyl (C=O) groups is 4. The van der Waals surface area contributed by atoms with E-state index in [1.807, 2.05) is 37.5 Å². The quantitative estimate of drug-likeness (QED) is 0.0414. The molecule has 6 aromatic carbocycles. The molecule has 2 aromatic heterocycles. The number of benzene rings is 6. The number of H-pyrrole nitrogens is 2. The molecule has 2 heterocycles. The van der Waals surface area contributed by atoms with Gasteiger partial charge in [0.2, 0.25) is 0 Å². The van der Waals surface area contributed by atoms with Crippen LogP contribution in [0.15, 0.2) is 122 Å². The number of nitrogens with zero attached hydrogens (tertiary/aromatic N) is 3. The third-order valence-electron chi connectivity index (χ3n) is 10.1. The van der Waals surface area contributed by atoms with Crippen molar-refractivity contribution in [3.63, 3.8) is 0 Å². The van der Waals surface area contributed by atoms with Gasteiger partial charge in [-0.2, -0.15) is 10.2 Å². The number of phenols is 1. The van der Waals surface area contributed by atoms with Gasteiger partial charge in [0, 0.05) is 36.5 Å². The number of aromatic amines is 2. The van der Waals surface area contributed by atoms with Gasteiger partial charge in [0.1, 0.15) is 0 Å². The molecule has 0 bridgehead atoms. The van der Waals surface area contributed by atoms with Crippen molar-refractivity contribution in [3.8, 4) is 23.0 Å². The summed E-state index contributed by atoms with van der Waals surface area (Å²) >= 11 is 0. The Morgan fingerprint density at radius 3 is 1.45 bits per heavy atom. The van der Waals surface area contributed by atoms with Crippen LogP contribution in [-0.2, 0) is 17.8 Å². The fourth-order valence-corrected chi connectivity index (χ4v) is 6.65. The first kappa shape index (κ1) is 58.6. The summed E-state index contributed by atoms with van der Waals surface area (Å²) in [7, 11) is 3.63. The number of aromatic hydroxyl groups is 1. The molecular formula is C54H56F4N6O11. The first-order valence-corrected chi connectivity index (χ1v) is 23.1. The molecule has 0 atom stereocenters. The highest BCUT2D eigenvalue weighted by Crippen LogP contribution is 2.23. The second-order valence-electron chi connectivity index (χ2n) is 15.4. The van der Waals surface area contributed by atoms with E-state index in [-0.39, 0.29) is 52.0 Å². The molecule has 0 aliphatic heterocycles. The summed E-state index contributed by atoms with van der Waals surface area (Å²) in [6.45, 7) is 9.62. The van der Waals surface area contributed by atoms with E-state index in [1.54, 1.807) is 51.9 Å². The Bertz CT molecular complexity index is 3170. The Morgan fingerprint density at radius 1 is 0.573 bits per heavy atom. The minimum Gasteiger partial charge on any atom is -0.505 e. The molecule has 8 aromatic rings. The number of hydrogen-bond donors (Lipinski definition) is 6. The SMILES string of the molecule is CCOC(=O)c1ccc(OCC)c(F)c1.CCOc1ccc(C(=O)N(C)Cc2cccc3cn[nH]c23)cc1F.CCOc1ccc(C(=O)O)cc1F.CNCc1cccc2cn[nH]c12.O=C(O)c1ccc(O)c(F)c1. The summed E-state index contributed by atoms with van der Waals surface area (Å²) in [5.74, 6) is -5.99. The third-order valence-corrected chi connectivity index (χ3v) is 10.1. The number of hydrogen-bond acceptors (Lipinski definition) is 12. The third kappa shape index (κ3) is 17.3. The minimum absolute atomic E-state index is 0.0764. The molecule has 0 aliphatic rings. The number of ether oxygens (including phenoxy) is 4. The lowest BCUT2D eigenvalue weighted by Crippen LogP contribution is -2.26. The number of para-hydroxylation sites is 2. The fraction of sp³-hybridized carbons (Fsp3) is 0.222. The largest absolute Gasteiger partial charge is 0.505 e. The van der Waals surface area contributed by atoms with Crippen molar-refractivity contribution in [2.45, 2.75) is 40.8 Å². The summed E-state index contributed by atoms with van der Waals surface area (Å²) in [6, 6.07) is 26.7. The normalized spacial score (nSPS) is 10.2. The summed E-state index contributed by atoms with van der Waals surface area (Å²) in [6.07, 6.45) is 3.58. The van der Waals surface area contributed by atoms with Gasteiger partial charge in [-0.15, -0.1) is 0 Å². The van der Waals surface area contributed by atoms with Crippen molar-refractivity contribution in [1.82, 2.24) is 30.6 Å². The van der Waals surface area contributed by atoms with Crippen LogP contribution >= 0.6 is 0 Å². The lowest BCUT2D eigenvalue weighted by Gasteiger charge is -2.18. The number of nitrogens with one attached hydrogen (secondary N) is 3. The highest BCUT2D eigenvalue weighted by molar-refractivity contribution is 5.94. The van der Waals surface area contributed by atoms with Crippen molar-refractivity contribution in [1.29, 1.82) is 0 Å². The van der Waals surface area contributed by atoms with E-state index >= 15 is 0 Å². The smallest absolute Gasteiger partial charge is 0.338 e. The zero-order chi connectivity index (χ0) is 55.0. The number of aromatic carboxylic acids is 2. The van der Waals surface area contributed by atoms with Gasteiger partial charge in [0.25, 0.3) is 5.91 Å². The average molecular weight is 1040 g/mol. The number of carboxylic acid groups (broad SMARTS) is 2. The average Bonchev–Trinajstić information content (AvgIpc) is 4.09. The van der Waals surface area contributed by atoms with Gasteiger partial charge in [-0.1, -0.05) is 36.4 Å². The highest BCUT2D eigenvalue weighted by atomic mass is 19.1. The Hall–Kier alpha value is -8.98. The first-order chi connectivity index (χ1) is 36.0. The molecule has 0 saturated carbocycles. The van der Waals surface area contributed by atoms with Crippen molar-refractivity contribution in [2.24, 2.45) is 0 Å². The molecule has 21 heteroatoms.